The number of rotatable bonds is 5. The van der Waals surface area contributed by atoms with E-state index >= 15 is 0 Å². The van der Waals surface area contributed by atoms with Crippen molar-refractivity contribution in [3.63, 3.8) is 0 Å². The third-order valence-electron chi connectivity index (χ3n) is 3.14. The topological polar surface area (TPSA) is 116 Å². The number of ether oxygens (including phenoxy) is 2. The molecule has 0 radical (unpaired) electrons. The second kappa shape index (κ2) is 6.82. The predicted molar refractivity (Wildman–Crippen MR) is 82.2 cm³/mol. The first-order valence-electron chi connectivity index (χ1n) is 7.06. The van der Waals surface area contributed by atoms with Crippen LogP contribution in [0.3, 0.4) is 0 Å². The molecule has 9 heteroatoms. The molecule has 3 rings (SSSR count). The zero-order valence-corrected chi connectivity index (χ0v) is 12.4. The van der Waals surface area contributed by atoms with Gasteiger partial charge in [0.05, 0.1) is 18.7 Å². The van der Waals surface area contributed by atoms with Crippen LogP contribution >= 0.6 is 0 Å². The molecule has 1 aromatic heterocycles. The van der Waals surface area contributed by atoms with Crippen LogP contribution in [0.5, 0.6) is 11.5 Å². The van der Waals surface area contributed by atoms with Crippen molar-refractivity contribution in [1.29, 1.82) is 0 Å². The number of hydrogen-bond acceptors (Lipinski definition) is 7. The van der Waals surface area contributed by atoms with Gasteiger partial charge in [0.1, 0.15) is 18.1 Å². The molecular formula is C15H13N3O6. The van der Waals surface area contributed by atoms with E-state index < -0.39 is 4.92 Å². The van der Waals surface area contributed by atoms with Crippen LogP contribution in [0.25, 0.3) is 0 Å². The smallest absolute Gasteiger partial charge is 0.433 e. The molecule has 0 fully saturated rings. The predicted octanol–water partition coefficient (Wildman–Crippen LogP) is 1.65. The van der Waals surface area contributed by atoms with Gasteiger partial charge in [0.25, 0.3) is 0 Å². The van der Waals surface area contributed by atoms with E-state index in [1.807, 2.05) is 0 Å². The van der Waals surface area contributed by atoms with Crippen LogP contribution in [-0.2, 0) is 11.2 Å². The highest BCUT2D eigenvalue weighted by Gasteiger charge is 2.13. The summed E-state index contributed by atoms with van der Waals surface area (Å²) in [6, 6.07) is 7.86. The van der Waals surface area contributed by atoms with Crippen LogP contribution in [0.15, 0.2) is 39.9 Å². The minimum absolute atomic E-state index is 0.103. The van der Waals surface area contributed by atoms with Crippen molar-refractivity contribution < 1.29 is 23.6 Å². The van der Waals surface area contributed by atoms with Crippen LogP contribution < -0.4 is 14.9 Å². The summed E-state index contributed by atoms with van der Waals surface area (Å²) in [5, 5.41) is 14.2. The molecule has 9 nitrogen and oxygen atoms in total. The normalized spacial score (nSPS) is 13.0. The Bertz CT molecular complexity index is 798. The Morgan fingerprint density at radius 2 is 2.04 bits per heavy atom. The highest BCUT2D eigenvalue weighted by atomic mass is 16.6. The fraction of sp³-hybridized carbons (Fsp3) is 0.200. The summed E-state index contributed by atoms with van der Waals surface area (Å²) in [4.78, 5) is 21.7. The lowest BCUT2D eigenvalue weighted by atomic mass is 10.1. The maximum absolute atomic E-state index is 11.8. The number of benzene rings is 1. The first-order valence-corrected chi connectivity index (χ1v) is 7.06. The summed E-state index contributed by atoms with van der Waals surface area (Å²) in [6.07, 6.45) is 1.29. The number of carbonyl (C=O) groups is 1. The van der Waals surface area contributed by atoms with E-state index in [2.05, 4.69) is 10.5 Å². The van der Waals surface area contributed by atoms with Gasteiger partial charge in [0, 0.05) is 0 Å². The summed E-state index contributed by atoms with van der Waals surface area (Å²) in [6.45, 7) is 0.981. The largest absolute Gasteiger partial charge is 0.486 e. The minimum Gasteiger partial charge on any atom is -0.486 e. The number of hydrazone groups is 1. The lowest BCUT2D eigenvalue weighted by molar-refractivity contribution is -0.402. The van der Waals surface area contributed by atoms with Gasteiger partial charge in [-0.2, -0.15) is 5.10 Å². The molecule has 124 valence electrons. The molecule has 0 aliphatic carbocycles. The van der Waals surface area contributed by atoms with E-state index in [9.17, 15) is 14.9 Å². The molecule has 0 saturated carbocycles. The van der Waals surface area contributed by atoms with Gasteiger partial charge in [-0.1, -0.05) is 6.07 Å². The molecule has 1 aromatic carbocycles. The van der Waals surface area contributed by atoms with Gasteiger partial charge < -0.3 is 13.9 Å². The molecule has 1 amide bonds. The van der Waals surface area contributed by atoms with Crippen LogP contribution in [-0.4, -0.2) is 30.3 Å². The second-order valence-electron chi connectivity index (χ2n) is 4.88. The number of carbonyl (C=O) groups excluding carboxylic acids is 1. The van der Waals surface area contributed by atoms with Gasteiger partial charge in [-0.3, -0.25) is 14.9 Å². The van der Waals surface area contributed by atoms with E-state index in [-0.39, 0.29) is 24.0 Å². The Balaban J connectivity index is 1.55. The number of nitrogens with one attached hydrogen (secondary N) is 1. The highest BCUT2D eigenvalue weighted by Crippen LogP contribution is 2.30. The molecule has 0 saturated heterocycles. The summed E-state index contributed by atoms with van der Waals surface area (Å²) < 4.78 is 15.7. The number of hydrogen-bond donors (Lipinski definition) is 1. The van der Waals surface area contributed by atoms with Crippen molar-refractivity contribution in [2.75, 3.05) is 13.2 Å². The number of nitrogens with zero attached hydrogens (tertiary/aromatic N) is 2. The zero-order chi connectivity index (χ0) is 16.9. The summed E-state index contributed by atoms with van der Waals surface area (Å²) in [7, 11) is 0. The average molecular weight is 331 g/mol. The molecule has 0 bridgehead atoms. The molecule has 1 aliphatic heterocycles. The number of furan rings is 1. The van der Waals surface area contributed by atoms with Crippen molar-refractivity contribution in [3.8, 4) is 11.5 Å². The Morgan fingerprint density at radius 1 is 1.25 bits per heavy atom. The Labute approximate surface area is 136 Å². The zero-order valence-electron chi connectivity index (χ0n) is 12.4. The standard InChI is InChI=1S/C15H13N3O6/c19-14(17-16-9-11-2-4-15(24-11)18(20)21)8-10-1-3-12-13(7-10)23-6-5-22-12/h1-4,7,9H,5-6,8H2,(H,17,19)/b16-9-. The fourth-order valence-electron chi connectivity index (χ4n) is 2.10. The quantitative estimate of drug-likeness (QED) is 0.506. The molecule has 0 spiro atoms. The molecule has 0 atom stereocenters. The molecule has 2 heterocycles. The molecule has 1 aliphatic rings. The van der Waals surface area contributed by atoms with E-state index in [0.29, 0.717) is 24.7 Å². The number of nitro groups is 1. The molecule has 2 aromatic rings. The van der Waals surface area contributed by atoms with Gasteiger partial charge in [-0.25, -0.2) is 5.43 Å². The average Bonchev–Trinajstić information content (AvgIpc) is 3.04. The van der Waals surface area contributed by atoms with Crippen LogP contribution in [0.1, 0.15) is 11.3 Å². The first kappa shape index (κ1) is 15.5. The minimum atomic E-state index is -0.655. The summed E-state index contributed by atoms with van der Waals surface area (Å²) in [5.41, 5.74) is 3.08. The molecule has 0 unspecified atom stereocenters. The van der Waals surface area contributed by atoms with Crippen LogP contribution in [0, 0.1) is 10.1 Å². The van der Waals surface area contributed by atoms with Crippen LogP contribution in [0.4, 0.5) is 5.88 Å². The molecule has 24 heavy (non-hydrogen) atoms. The van der Waals surface area contributed by atoms with Crippen molar-refractivity contribution in [2.24, 2.45) is 5.10 Å². The van der Waals surface area contributed by atoms with Gasteiger partial charge >= 0.3 is 5.88 Å². The first-order chi connectivity index (χ1) is 11.6. The maximum Gasteiger partial charge on any atom is 0.433 e. The third kappa shape index (κ3) is 3.69. The molecule has 1 N–H and O–H groups in total. The van der Waals surface area contributed by atoms with Gasteiger partial charge in [-0.05, 0) is 23.8 Å². The van der Waals surface area contributed by atoms with Crippen molar-refractivity contribution in [1.82, 2.24) is 5.43 Å². The van der Waals surface area contributed by atoms with Gasteiger partial charge in [0.2, 0.25) is 5.91 Å². The third-order valence-corrected chi connectivity index (χ3v) is 3.14. The highest BCUT2D eigenvalue weighted by molar-refractivity contribution is 5.82. The van der Waals surface area contributed by atoms with Crippen molar-refractivity contribution in [3.05, 3.63) is 51.8 Å². The van der Waals surface area contributed by atoms with Crippen molar-refractivity contribution >= 4 is 18.0 Å². The van der Waals surface area contributed by atoms with E-state index in [0.717, 1.165) is 5.56 Å². The summed E-state index contributed by atoms with van der Waals surface area (Å²) in [5.74, 6) is 0.699. The van der Waals surface area contributed by atoms with E-state index in [1.54, 1.807) is 18.2 Å². The Kier molecular flexibility index (Phi) is 4.41. The van der Waals surface area contributed by atoms with Crippen molar-refractivity contribution in [2.45, 2.75) is 6.42 Å². The second-order valence-corrected chi connectivity index (χ2v) is 4.88. The SMILES string of the molecule is O=C(Cc1ccc2c(c1)OCCO2)N/N=C\c1ccc([N+](=O)[O-])o1. The Morgan fingerprint density at radius 3 is 2.79 bits per heavy atom. The number of fused-ring (bicyclic) bond motifs is 1. The summed E-state index contributed by atoms with van der Waals surface area (Å²) >= 11 is 0. The van der Waals surface area contributed by atoms with Gasteiger partial charge in [0.15, 0.2) is 17.3 Å². The lowest BCUT2D eigenvalue weighted by Gasteiger charge is -2.18. The van der Waals surface area contributed by atoms with Gasteiger partial charge in [-0.15, -0.1) is 0 Å². The monoisotopic (exact) mass is 331 g/mol. The number of amides is 1. The fourth-order valence-corrected chi connectivity index (χ4v) is 2.10. The van der Waals surface area contributed by atoms with E-state index in [4.69, 9.17) is 13.9 Å². The van der Waals surface area contributed by atoms with Crippen LogP contribution in [0.2, 0.25) is 0 Å². The maximum atomic E-state index is 11.8. The van der Waals surface area contributed by atoms with E-state index in [1.165, 1.54) is 18.3 Å². The molecular weight excluding hydrogens is 318 g/mol. The lowest BCUT2D eigenvalue weighted by Crippen LogP contribution is -2.20. The Hall–Kier alpha value is -3.36.